The van der Waals surface area contributed by atoms with Gasteiger partial charge in [0.15, 0.2) is 0 Å². The second-order valence-electron chi connectivity index (χ2n) is 5.49. The maximum atomic E-state index is 6.06. The summed E-state index contributed by atoms with van der Waals surface area (Å²) in [7, 11) is 0. The second kappa shape index (κ2) is 6.10. The lowest BCUT2D eigenvalue weighted by Gasteiger charge is -2.19. The quantitative estimate of drug-likeness (QED) is 0.818. The zero-order chi connectivity index (χ0) is 14.0. The topological polar surface area (TPSA) is 25.2 Å². The number of aryl methyl sites for hydroxylation is 1. The normalized spacial score (nSPS) is 13.4. The van der Waals surface area contributed by atoms with E-state index in [1.807, 2.05) is 0 Å². The van der Waals surface area contributed by atoms with Crippen LogP contribution < -0.4 is 5.32 Å². The molecule has 0 bridgehead atoms. The lowest BCUT2D eigenvalue weighted by molar-refractivity contribution is 0.351. The molecule has 3 heteroatoms. The summed E-state index contributed by atoms with van der Waals surface area (Å²) in [6.45, 7) is 9.75. The summed E-state index contributed by atoms with van der Waals surface area (Å²) in [4.78, 5) is 0. The zero-order valence-corrected chi connectivity index (χ0v) is 13.7. The van der Waals surface area contributed by atoms with Crippen LogP contribution in [0.4, 0.5) is 0 Å². The highest BCUT2D eigenvalue weighted by Gasteiger charge is 2.20. The van der Waals surface area contributed by atoms with Crippen LogP contribution in [-0.2, 0) is 0 Å². The molecular formula is C16H22BrNO. The zero-order valence-electron chi connectivity index (χ0n) is 12.1. The van der Waals surface area contributed by atoms with Crippen molar-refractivity contribution in [2.45, 2.75) is 40.2 Å². The lowest BCUT2D eigenvalue weighted by Crippen LogP contribution is -2.25. The number of fused-ring (bicyclic) bond motifs is 1. The molecular weight excluding hydrogens is 302 g/mol. The van der Waals surface area contributed by atoms with Gasteiger partial charge >= 0.3 is 0 Å². The highest BCUT2D eigenvalue weighted by Crippen LogP contribution is 2.33. The van der Waals surface area contributed by atoms with Gasteiger partial charge < -0.3 is 9.73 Å². The van der Waals surface area contributed by atoms with Gasteiger partial charge in [0.05, 0.1) is 10.5 Å². The molecule has 1 aromatic carbocycles. The monoisotopic (exact) mass is 323 g/mol. The number of halogens is 1. The average Bonchev–Trinajstić information content (AvgIpc) is 2.73. The fourth-order valence-corrected chi connectivity index (χ4v) is 3.06. The largest absolute Gasteiger partial charge is 0.458 e. The van der Waals surface area contributed by atoms with Gasteiger partial charge in [-0.25, -0.2) is 0 Å². The third-order valence-electron chi connectivity index (χ3n) is 3.32. The van der Waals surface area contributed by atoms with Crippen molar-refractivity contribution in [3.05, 3.63) is 34.0 Å². The van der Waals surface area contributed by atoms with Crippen LogP contribution in [0.25, 0.3) is 11.0 Å². The third-order valence-corrected chi connectivity index (χ3v) is 3.91. The number of rotatable bonds is 5. The van der Waals surface area contributed by atoms with Gasteiger partial charge in [-0.05, 0) is 65.5 Å². The number of hydrogen-bond acceptors (Lipinski definition) is 2. The van der Waals surface area contributed by atoms with Crippen molar-refractivity contribution in [2.75, 3.05) is 6.54 Å². The van der Waals surface area contributed by atoms with Crippen LogP contribution in [0, 0.1) is 12.8 Å². The smallest absolute Gasteiger partial charge is 0.148 e. The van der Waals surface area contributed by atoms with Gasteiger partial charge in [-0.2, -0.15) is 0 Å². The molecule has 0 aliphatic rings. The van der Waals surface area contributed by atoms with Crippen LogP contribution in [-0.4, -0.2) is 6.54 Å². The minimum absolute atomic E-state index is 0.277. The SMILES string of the molecule is CCCNC(c1cc2cc(C)cc(Br)c2o1)C(C)C. The second-order valence-corrected chi connectivity index (χ2v) is 6.34. The van der Waals surface area contributed by atoms with Crippen molar-refractivity contribution in [1.29, 1.82) is 0 Å². The van der Waals surface area contributed by atoms with Crippen molar-refractivity contribution in [3.63, 3.8) is 0 Å². The molecule has 0 aliphatic carbocycles. The summed E-state index contributed by atoms with van der Waals surface area (Å²) in [5.41, 5.74) is 2.19. The molecule has 0 spiro atoms. The Morgan fingerprint density at radius 3 is 2.63 bits per heavy atom. The number of nitrogens with one attached hydrogen (secondary N) is 1. The van der Waals surface area contributed by atoms with Crippen LogP contribution in [0.2, 0.25) is 0 Å². The molecule has 0 saturated carbocycles. The Kier molecular flexibility index (Phi) is 4.69. The number of hydrogen-bond donors (Lipinski definition) is 1. The molecule has 19 heavy (non-hydrogen) atoms. The van der Waals surface area contributed by atoms with Gasteiger partial charge in [0, 0.05) is 5.39 Å². The van der Waals surface area contributed by atoms with E-state index in [1.165, 1.54) is 10.9 Å². The average molecular weight is 324 g/mol. The van der Waals surface area contributed by atoms with Crippen molar-refractivity contribution in [3.8, 4) is 0 Å². The van der Waals surface area contributed by atoms with Crippen molar-refractivity contribution in [2.24, 2.45) is 5.92 Å². The van der Waals surface area contributed by atoms with Gasteiger partial charge in [0.1, 0.15) is 11.3 Å². The molecule has 1 unspecified atom stereocenters. The highest BCUT2D eigenvalue weighted by atomic mass is 79.9. The van der Waals surface area contributed by atoms with Crippen LogP contribution in [0.1, 0.15) is 44.6 Å². The minimum atomic E-state index is 0.277. The van der Waals surface area contributed by atoms with Crippen molar-refractivity contribution in [1.82, 2.24) is 5.32 Å². The summed E-state index contributed by atoms with van der Waals surface area (Å²) < 4.78 is 7.10. The van der Waals surface area contributed by atoms with E-state index < -0.39 is 0 Å². The Hall–Kier alpha value is -0.800. The van der Waals surface area contributed by atoms with Gasteiger partial charge in [-0.3, -0.25) is 0 Å². The van der Waals surface area contributed by atoms with Gasteiger partial charge in [-0.15, -0.1) is 0 Å². The van der Waals surface area contributed by atoms with E-state index in [-0.39, 0.29) is 6.04 Å². The van der Waals surface area contributed by atoms with E-state index >= 15 is 0 Å². The van der Waals surface area contributed by atoms with Crippen LogP contribution >= 0.6 is 15.9 Å². The Balaban J connectivity index is 2.40. The molecule has 104 valence electrons. The van der Waals surface area contributed by atoms with Gasteiger partial charge in [0.25, 0.3) is 0 Å². The van der Waals surface area contributed by atoms with E-state index in [0.29, 0.717) is 5.92 Å². The number of benzene rings is 1. The summed E-state index contributed by atoms with van der Waals surface area (Å²) in [5.74, 6) is 1.54. The molecule has 0 radical (unpaired) electrons. The Morgan fingerprint density at radius 1 is 1.26 bits per heavy atom. The standard InChI is InChI=1S/C16H22BrNO/c1-5-6-18-15(10(2)3)14-9-12-7-11(4)8-13(17)16(12)19-14/h7-10,15,18H,5-6H2,1-4H3. The summed E-state index contributed by atoms with van der Waals surface area (Å²) >= 11 is 3.59. The van der Waals surface area contributed by atoms with E-state index in [4.69, 9.17) is 4.42 Å². The fraction of sp³-hybridized carbons (Fsp3) is 0.500. The first-order chi connectivity index (χ1) is 9.02. The molecule has 1 aromatic heterocycles. The predicted molar refractivity (Wildman–Crippen MR) is 84.5 cm³/mol. The Labute approximate surface area is 123 Å². The molecule has 1 heterocycles. The summed E-state index contributed by atoms with van der Waals surface area (Å²) in [5, 5.41) is 4.74. The molecule has 0 saturated heterocycles. The lowest BCUT2D eigenvalue weighted by atomic mass is 10.0. The van der Waals surface area contributed by atoms with Crippen LogP contribution in [0.3, 0.4) is 0 Å². The van der Waals surface area contributed by atoms with Crippen molar-refractivity contribution >= 4 is 26.9 Å². The minimum Gasteiger partial charge on any atom is -0.458 e. The first-order valence-electron chi connectivity index (χ1n) is 6.96. The first kappa shape index (κ1) is 14.6. The molecule has 1 N–H and O–H groups in total. The van der Waals surface area contributed by atoms with E-state index in [0.717, 1.165) is 28.8 Å². The number of furan rings is 1. The molecule has 0 aliphatic heterocycles. The van der Waals surface area contributed by atoms with Gasteiger partial charge in [-0.1, -0.05) is 20.8 Å². The van der Waals surface area contributed by atoms with Crippen LogP contribution in [0.5, 0.6) is 0 Å². The van der Waals surface area contributed by atoms with E-state index in [1.54, 1.807) is 0 Å². The summed E-state index contributed by atoms with van der Waals surface area (Å²) in [6, 6.07) is 6.71. The Morgan fingerprint density at radius 2 is 2.00 bits per heavy atom. The predicted octanol–water partition coefficient (Wildman–Crippen LogP) is 5.20. The maximum absolute atomic E-state index is 6.06. The van der Waals surface area contributed by atoms with Crippen LogP contribution in [0.15, 0.2) is 27.1 Å². The molecule has 2 rings (SSSR count). The molecule has 0 amide bonds. The third kappa shape index (κ3) is 3.21. The Bertz CT molecular complexity index is 559. The van der Waals surface area contributed by atoms with E-state index in [9.17, 15) is 0 Å². The fourth-order valence-electron chi connectivity index (χ4n) is 2.39. The molecule has 2 aromatic rings. The molecule has 0 fully saturated rings. The van der Waals surface area contributed by atoms with E-state index in [2.05, 4.69) is 67.1 Å². The summed E-state index contributed by atoms with van der Waals surface area (Å²) in [6.07, 6.45) is 1.13. The van der Waals surface area contributed by atoms with Gasteiger partial charge in [0.2, 0.25) is 0 Å². The molecule has 1 atom stereocenters. The maximum Gasteiger partial charge on any atom is 0.148 e. The first-order valence-corrected chi connectivity index (χ1v) is 7.75. The highest BCUT2D eigenvalue weighted by molar-refractivity contribution is 9.10. The molecule has 2 nitrogen and oxygen atoms in total. The van der Waals surface area contributed by atoms with Crippen molar-refractivity contribution < 1.29 is 4.42 Å².